The van der Waals surface area contributed by atoms with Crippen LogP contribution in [0, 0.1) is 0 Å². The fourth-order valence-electron chi connectivity index (χ4n) is 2.94. The van der Waals surface area contributed by atoms with Gasteiger partial charge < -0.3 is 10.2 Å². The molecule has 0 radical (unpaired) electrons. The summed E-state index contributed by atoms with van der Waals surface area (Å²) in [5.74, 6) is 0.232. The molecule has 0 saturated heterocycles. The van der Waals surface area contributed by atoms with E-state index in [-0.39, 0.29) is 24.4 Å². The van der Waals surface area contributed by atoms with Gasteiger partial charge in [-0.3, -0.25) is 4.79 Å². The van der Waals surface area contributed by atoms with Gasteiger partial charge in [0.05, 0.1) is 6.04 Å². The fourth-order valence-corrected chi connectivity index (χ4v) is 4.12. The molecule has 1 N–H and O–H groups in total. The summed E-state index contributed by atoms with van der Waals surface area (Å²) in [6.45, 7) is 6.45. The highest BCUT2D eigenvalue weighted by atomic mass is 35.5. The van der Waals surface area contributed by atoms with Gasteiger partial charge in [0.15, 0.2) is 0 Å². The lowest BCUT2D eigenvalue weighted by Crippen LogP contribution is -2.49. The Hall–Kier alpha value is -1.10. The number of nitrogens with one attached hydrogen (secondary N) is 1. The van der Waals surface area contributed by atoms with Crippen molar-refractivity contribution in [1.82, 2.24) is 10.2 Å². The third-order valence-electron chi connectivity index (χ3n) is 4.07. The number of nitrogens with zero attached hydrogens (tertiary/aromatic N) is 1. The van der Waals surface area contributed by atoms with Gasteiger partial charge in [-0.2, -0.15) is 0 Å². The standard InChI is InChI=1S/C16H20N2OS.ClH/c1-3-18(4-2)16(19)13-9-12-11-7-5-6-8-14(11)20-15(12)10-17-13;/h5-8,13,17H,3-4,9-10H2,1-2H3;1H/t13-;/m1./s1. The van der Waals surface area contributed by atoms with Crippen molar-refractivity contribution >= 4 is 39.7 Å². The first-order valence-electron chi connectivity index (χ1n) is 7.26. The van der Waals surface area contributed by atoms with E-state index in [1.165, 1.54) is 20.5 Å². The Morgan fingerprint density at radius 3 is 2.76 bits per heavy atom. The molecule has 2 aromatic rings. The van der Waals surface area contributed by atoms with Crippen LogP contribution in [0.15, 0.2) is 24.3 Å². The average Bonchev–Trinajstić information content (AvgIpc) is 2.86. The maximum atomic E-state index is 12.5. The monoisotopic (exact) mass is 324 g/mol. The molecule has 0 spiro atoms. The lowest BCUT2D eigenvalue weighted by Gasteiger charge is -2.28. The number of likely N-dealkylation sites (N-methyl/N-ethyl adjacent to an activating group) is 1. The van der Waals surface area contributed by atoms with Crippen LogP contribution in [0.3, 0.4) is 0 Å². The largest absolute Gasteiger partial charge is 0.342 e. The molecule has 0 unspecified atom stereocenters. The highest BCUT2D eigenvalue weighted by Crippen LogP contribution is 2.34. The SMILES string of the molecule is CCN(CC)C(=O)[C@H]1Cc2c(sc3ccccc23)CN1.Cl. The number of thiophene rings is 1. The zero-order valence-corrected chi connectivity index (χ0v) is 14.0. The van der Waals surface area contributed by atoms with Gasteiger partial charge in [-0.25, -0.2) is 0 Å². The first kappa shape index (κ1) is 16.3. The number of fused-ring (bicyclic) bond motifs is 3. The summed E-state index contributed by atoms with van der Waals surface area (Å²) in [6, 6.07) is 8.43. The molecule has 0 bridgehead atoms. The Morgan fingerprint density at radius 2 is 2.05 bits per heavy atom. The summed E-state index contributed by atoms with van der Waals surface area (Å²) in [7, 11) is 0. The van der Waals surface area contributed by atoms with Gasteiger partial charge in [-0.1, -0.05) is 18.2 Å². The molecule has 0 aliphatic carbocycles. The quantitative estimate of drug-likeness (QED) is 0.940. The van der Waals surface area contributed by atoms with Crippen LogP contribution in [-0.4, -0.2) is 29.9 Å². The van der Waals surface area contributed by atoms with Crippen LogP contribution in [0.4, 0.5) is 0 Å². The van der Waals surface area contributed by atoms with E-state index in [2.05, 4.69) is 29.6 Å². The van der Waals surface area contributed by atoms with Crippen LogP contribution < -0.4 is 5.32 Å². The molecule has 2 heterocycles. The van der Waals surface area contributed by atoms with E-state index in [1.807, 2.05) is 30.1 Å². The van der Waals surface area contributed by atoms with Crippen LogP contribution in [-0.2, 0) is 17.8 Å². The fraction of sp³-hybridized carbons (Fsp3) is 0.438. The number of amides is 1. The van der Waals surface area contributed by atoms with E-state index >= 15 is 0 Å². The molecule has 1 aliphatic heterocycles. The molecule has 1 aromatic heterocycles. The van der Waals surface area contributed by atoms with Gasteiger partial charge in [0.25, 0.3) is 0 Å². The van der Waals surface area contributed by atoms with Crippen molar-refractivity contribution in [2.24, 2.45) is 0 Å². The van der Waals surface area contributed by atoms with Crippen LogP contribution in [0.5, 0.6) is 0 Å². The number of hydrogen-bond donors (Lipinski definition) is 1. The topological polar surface area (TPSA) is 32.3 Å². The van der Waals surface area contributed by atoms with Crippen molar-refractivity contribution in [3.8, 4) is 0 Å². The molecule has 0 fully saturated rings. The molecule has 1 amide bonds. The van der Waals surface area contributed by atoms with E-state index in [0.717, 1.165) is 26.1 Å². The lowest BCUT2D eigenvalue weighted by molar-refractivity contribution is -0.133. The van der Waals surface area contributed by atoms with Crippen LogP contribution in [0.25, 0.3) is 10.1 Å². The van der Waals surface area contributed by atoms with Gasteiger partial charge in [-0.05, 0) is 37.3 Å². The summed E-state index contributed by atoms with van der Waals surface area (Å²) < 4.78 is 1.33. The Morgan fingerprint density at radius 1 is 1.33 bits per heavy atom. The van der Waals surface area contributed by atoms with Crippen molar-refractivity contribution in [3.05, 3.63) is 34.7 Å². The van der Waals surface area contributed by atoms with Gasteiger partial charge >= 0.3 is 0 Å². The molecule has 1 aromatic carbocycles. The molecule has 3 rings (SSSR count). The van der Waals surface area contributed by atoms with E-state index in [0.29, 0.717) is 0 Å². The normalized spacial score (nSPS) is 17.1. The first-order valence-corrected chi connectivity index (χ1v) is 8.07. The molecule has 5 heteroatoms. The number of halogens is 1. The molecule has 0 saturated carbocycles. The Balaban J connectivity index is 0.00000161. The van der Waals surface area contributed by atoms with E-state index in [4.69, 9.17) is 0 Å². The Bertz CT molecular complexity index is 636. The third kappa shape index (κ3) is 2.93. The van der Waals surface area contributed by atoms with Gasteiger partial charge in [-0.15, -0.1) is 23.7 Å². The van der Waals surface area contributed by atoms with Gasteiger partial charge in [0.2, 0.25) is 5.91 Å². The minimum Gasteiger partial charge on any atom is -0.342 e. The van der Waals surface area contributed by atoms with E-state index in [1.54, 1.807) is 0 Å². The van der Waals surface area contributed by atoms with Crippen LogP contribution in [0.2, 0.25) is 0 Å². The summed E-state index contributed by atoms with van der Waals surface area (Å²) in [4.78, 5) is 15.8. The molecule has 1 aliphatic rings. The van der Waals surface area contributed by atoms with Crippen molar-refractivity contribution in [3.63, 3.8) is 0 Å². The van der Waals surface area contributed by atoms with Gasteiger partial charge in [0, 0.05) is 29.2 Å². The highest BCUT2D eigenvalue weighted by molar-refractivity contribution is 7.19. The molecule has 114 valence electrons. The van der Waals surface area contributed by atoms with Crippen molar-refractivity contribution in [1.29, 1.82) is 0 Å². The van der Waals surface area contributed by atoms with E-state index < -0.39 is 0 Å². The Labute approximate surface area is 135 Å². The smallest absolute Gasteiger partial charge is 0.240 e. The molecule has 21 heavy (non-hydrogen) atoms. The highest BCUT2D eigenvalue weighted by Gasteiger charge is 2.29. The molecular weight excluding hydrogens is 304 g/mol. The zero-order chi connectivity index (χ0) is 14.1. The Kier molecular flexibility index (Phi) is 5.25. The predicted molar refractivity (Wildman–Crippen MR) is 91.3 cm³/mol. The van der Waals surface area contributed by atoms with Crippen LogP contribution in [0.1, 0.15) is 24.3 Å². The summed E-state index contributed by atoms with van der Waals surface area (Å²) >= 11 is 1.85. The third-order valence-corrected chi connectivity index (χ3v) is 5.29. The zero-order valence-electron chi connectivity index (χ0n) is 12.4. The maximum absolute atomic E-state index is 12.5. The summed E-state index contributed by atoms with van der Waals surface area (Å²) in [5.41, 5.74) is 1.37. The number of hydrogen-bond acceptors (Lipinski definition) is 3. The van der Waals surface area contributed by atoms with Crippen molar-refractivity contribution < 1.29 is 4.79 Å². The van der Waals surface area contributed by atoms with Crippen molar-refractivity contribution in [2.75, 3.05) is 13.1 Å². The number of rotatable bonds is 3. The minimum absolute atomic E-state index is 0. The molecule has 3 nitrogen and oxygen atoms in total. The molecular formula is C16H21ClN2OS. The molecule has 1 atom stereocenters. The minimum atomic E-state index is -0.0691. The lowest BCUT2D eigenvalue weighted by atomic mass is 9.98. The van der Waals surface area contributed by atoms with Gasteiger partial charge in [0.1, 0.15) is 0 Å². The second-order valence-electron chi connectivity index (χ2n) is 5.15. The second-order valence-corrected chi connectivity index (χ2v) is 6.28. The predicted octanol–water partition coefficient (Wildman–Crippen LogP) is 3.21. The summed E-state index contributed by atoms with van der Waals surface area (Å²) in [5, 5.41) is 4.73. The second kappa shape index (κ2) is 6.77. The van der Waals surface area contributed by atoms with Crippen molar-refractivity contribution in [2.45, 2.75) is 32.9 Å². The number of carbonyl (C=O) groups excluding carboxylic acids is 1. The maximum Gasteiger partial charge on any atom is 0.240 e. The number of benzene rings is 1. The number of carbonyl (C=O) groups is 1. The van der Waals surface area contributed by atoms with Crippen LogP contribution >= 0.6 is 23.7 Å². The van der Waals surface area contributed by atoms with E-state index in [9.17, 15) is 4.79 Å². The first-order chi connectivity index (χ1) is 9.74. The summed E-state index contributed by atoms with van der Waals surface area (Å²) in [6.07, 6.45) is 0.814. The average molecular weight is 325 g/mol.